The zero-order valence-corrected chi connectivity index (χ0v) is 13.6. The standard InChI is InChI=1S/C13H13Cl2FN4S/c1-19(13-11(14)12(15)21-18-13)9-4-5-20(7-9)8-2-3-10(16)17-6-8/h2-3,6,9H,4-5,7H2,1H3/t9-/m0/s1. The minimum atomic E-state index is -0.462. The van der Waals surface area contributed by atoms with Crippen LogP contribution in [0, 0.1) is 5.95 Å². The molecule has 3 heterocycles. The largest absolute Gasteiger partial charge is 0.368 e. The van der Waals surface area contributed by atoms with Crippen LogP contribution in [0.5, 0.6) is 0 Å². The first-order valence-electron chi connectivity index (χ1n) is 6.46. The van der Waals surface area contributed by atoms with Gasteiger partial charge in [-0.05, 0) is 30.1 Å². The molecule has 0 aromatic carbocycles. The second-order valence-electron chi connectivity index (χ2n) is 4.93. The van der Waals surface area contributed by atoms with Crippen molar-refractivity contribution >= 4 is 46.2 Å². The van der Waals surface area contributed by atoms with Gasteiger partial charge in [0.15, 0.2) is 5.82 Å². The van der Waals surface area contributed by atoms with Crippen LogP contribution in [0.3, 0.4) is 0 Å². The molecule has 0 amide bonds. The molecule has 1 saturated heterocycles. The Morgan fingerprint density at radius 3 is 2.86 bits per heavy atom. The van der Waals surface area contributed by atoms with Crippen LogP contribution in [0.1, 0.15) is 6.42 Å². The Kier molecular flexibility index (Phi) is 4.19. The molecule has 0 aliphatic carbocycles. The van der Waals surface area contributed by atoms with Crippen molar-refractivity contribution < 1.29 is 4.39 Å². The normalized spacial score (nSPS) is 18.3. The maximum Gasteiger partial charge on any atom is 0.212 e. The van der Waals surface area contributed by atoms with Gasteiger partial charge in [0, 0.05) is 26.2 Å². The second-order valence-corrected chi connectivity index (χ2v) is 6.69. The van der Waals surface area contributed by atoms with E-state index >= 15 is 0 Å². The van der Waals surface area contributed by atoms with Crippen LogP contribution >= 0.6 is 34.7 Å². The minimum Gasteiger partial charge on any atom is -0.368 e. The molecule has 0 N–H and O–H groups in total. The lowest BCUT2D eigenvalue weighted by Gasteiger charge is -2.25. The Morgan fingerprint density at radius 1 is 1.43 bits per heavy atom. The van der Waals surface area contributed by atoms with Crippen LogP contribution in [0.4, 0.5) is 15.9 Å². The third-order valence-electron chi connectivity index (χ3n) is 3.70. The Morgan fingerprint density at radius 2 is 2.24 bits per heavy atom. The van der Waals surface area contributed by atoms with Crippen LogP contribution in [0.25, 0.3) is 0 Å². The molecular formula is C13H13Cl2FN4S. The summed E-state index contributed by atoms with van der Waals surface area (Å²) in [6.07, 6.45) is 2.53. The first-order valence-corrected chi connectivity index (χ1v) is 7.99. The molecule has 1 aliphatic heterocycles. The van der Waals surface area contributed by atoms with Crippen LogP contribution in [-0.2, 0) is 0 Å². The molecule has 1 atom stereocenters. The van der Waals surface area contributed by atoms with Gasteiger partial charge in [0.25, 0.3) is 0 Å². The van der Waals surface area contributed by atoms with Crippen molar-refractivity contribution in [2.45, 2.75) is 12.5 Å². The monoisotopic (exact) mass is 346 g/mol. The highest BCUT2D eigenvalue weighted by Crippen LogP contribution is 2.36. The molecule has 0 bridgehead atoms. The molecule has 112 valence electrons. The zero-order chi connectivity index (χ0) is 15.0. The number of hydrogen-bond acceptors (Lipinski definition) is 5. The first-order chi connectivity index (χ1) is 10.1. The average Bonchev–Trinajstić information content (AvgIpc) is 3.08. The van der Waals surface area contributed by atoms with Gasteiger partial charge >= 0.3 is 0 Å². The molecule has 0 radical (unpaired) electrons. The number of rotatable bonds is 3. The van der Waals surface area contributed by atoms with E-state index in [9.17, 15) is 4.39 Å². The maximum atomic E-state index is 12.9. The second kappa shape index (κ2) is 5.94. The molecule has 0 unspecified atom stereocenters. The summed E-state index contributed by atoms with van der Waals surface area (Å²) in [4.78, 5) is 7.93. The van der Waals surface area contributed by atoms with E-state index < -0.39 is 5.95 Å². The summed E-state index contributed by atoms with van der Waals surface area (Å²) >= 11 is 13.3. The van der Waals surface area contributed by atoms with E-state index in [0.717, 1.165) is 31.0 Å². The third kappa shape index (κ3) is 2.93. The van der Waals surface area contributed by atoms with Gasteiger partial charge in [-0.2, -0.15) is 8.76 Å². The van der Waals surface area contributed by atoms with Crippen molar-refractivity contribution in [1.29, 1.82) is 0 Å². The van der Waals surface area contributed by atoms with Crippen LogP contribution in [0.15, 0.2) is 18.3 Å². The van der Waals surface area contributed by atoms with Crippen LogP contribution in [-0.4, -0.2) is 35.5 Å². The molecule has 8 heteroatoms. The van der Waals surface area contributed by atoms with E-state index in [0.29, 0.717) is 9.36 Å². The summed E-state index contributed by atoms with van der Waals surface area (Å²) < 4.78 is 17.7. The fourth-order valence-corrected chi connectivity index (χ4v) is 3.57. The summed E-state index contributed by atoms with van der Waals surface area (Å²) in [5, 5.41) is 0.506. The highest BCUT2D eigenvalue weighted by atomic mass is 35.5. The highest BCUT2D eigenvalue weighted by Gasteiger charge is 2.29. The smallest absolute Gasteiger partial charge is 0.212 e. The molecule has 0 saturated carbocycles. The average molecular weight is 347 g/mol. The Hall–Kier alpha value is -1.11. The number of halogens is 3. The first kappa shape index (κ1) is 14.8. The topological polar surface area (TPSA) is 32.3 Å². The number of aromatic nitrogens is 2. The molecule has 0 spiro atoms. The minimum absolute atomic E-state index is 0.283. The van der Waals surface area contributed by atoms with Crippen molar-refractivity contribution in [2.24, 2.45) is 0 Å². The number of nitrogens with zero attached hydrogens (tertiary/aromatic N) is 4. The number of likely N-dealkylation sites (N-methyl/N-ethyl adjacent to an activating group) is 1. The van der Waals surface area contributed by atoms with Gasteiger partial charge in [-0.25, -0.2) is 4.98 Å². The molecular weight excluding hydrogens is 334 g/mol. The predicted octanol–water partition coefficient (Wildman–Crippen LogP) is 3.70. The van der Waals surface area contributed by atoms with E-state index in [1.807, 2.05) is 7.05 Å². The van der Waals surface area contributed by atoms with Gasteiger partial charge in [0.2, 0.25) is 5.95 Å². The van der Waals surface area contributed by atoms with Gasteiger partial charge in [-0.1, -0.05) is 23.2 Å². The predicted molar refractivity (Wildman–Crippen MR) is 85.4 cm³/mol. The Bertz CT molecular complexity index is 634. The lowest BCUT2D eigenvalue weighted by molar-refractivity contribution is 0.583. The summed E-state index contributed by atoms with van der Waals surface area (Å²) in [5.74, 6) is 0.256. The summed E-state index contributed by atoms with van der Waals surface area (Å²) in [5.41, 5.74) is 0.926. The number of pyridine rings is 1. The molecule has 1 aliphatic rings. The molecule has 2 aromatic heterocycles. The van der Waals surface area contributed by atoms with E-state index in [2.05, 4.69) is 19.2 Å². The summed E-state index contributed by atoms with van der Waals surface area (Å²) in [6, 6.07) is 3.41. The van der Waals surface area contributed by atoms with Crippen LogP contribution in [0.2, 0.25) is 9.36 Å². The van der Waals surface area contributed by atoms with Gasteiger partial charge in [-0.15, -0.1) is 0 Å². The lowest BCUT2D eigenvalue weighted by atomic mass is 10.2. The zero-order valence-electron chi connectivity index (χ0n) is 11.3. The fourth-order valence-electron chi connectivity index (χ4n) is 2.49. The molecule has 3 rings (SSSR count). The van der Waals surface area contributed by atoms with E-state index in [4.69, 9.17) is 23.2 Å². The van der Waals surface area contributed by atoms with E-state index in [1.54, 1.807) is 12.3 Å². The van der Waals surface area contributed by atoms with Gasteiger partial charge < -0.3 is 9.80 Å². The molecule has 21 heavy (non-hydrogen) atoms. The quantitative estimate of drug-likeness (QED) is 0.793. The van der Waals surface area contributed by atoms with Crippen molar-refractivity contribution in [3.63, 3.8) is 0 Å². The van der Waals surface area contributed by atoms with E-state index in [1.165, 1.54) is 17.6 Å². The SMILES string of the molecule is CN(c1nsc(Cl)c1Cl)[C@H]1CCN(c2ccc(F)nc2)C1. The number of hydrogen-bond donors (Lipinski definition) is 0. The molecule has 1 fully saturated rings. The fraction of sp³-hybridized carbons (Fsp3) is 0.385. The maximum absolute atomic E-state index is 12.9. The number of anilines is 2. The van der Waals surface area contributed by atoms with Crippen molar-refractivity contribution in [3.8, 4) is 0 Å². The third-order valence-corrected chi connectivity index (χ3v) is 5.29. The van der Waals surface area contributed by atoms with Crippen molar-refractivity contribution in [3.05, 3.63) is 33.6 Å². The molecule has 2 aromatic rings. The van der Waals surface area contributed by atoms with Crippen LogP contribution < -0.4 is 9.80 Å². The summed E-state index contributed by atoms with van der Waals surface area (Å²) in [6.45, 7) is 1.70. The summed E-state index contributed by atoms with van der Waals surface area (Å²) in [7, 11) is 1.97. The Labute approximate surface area is 136 Å². The van der Waals surface area contributed by atoms with Gasteiger partial charge in [0.1, 0.15) is 9.36 Å². The van der Waals surface area contributed by atoms with Crippen molar-refractivity contribution in [2.75, 3.05) is 29.9 Å². The van der Waals surface area contributed by atoms with E-state index in [-0.39, 0.29) is 6.04 Å². The van der Waals surface area contributed by atoms with Crippen molar-refractivity contribution in [1.82, 2.24) is 9.36 Å². The molecule has 4 nitrogen and oxygen atoms in total. The van der Waals surface area contributed by atoms with Gasteiger partial charge in [0.05, 0.1) is 11.9 Å². The van der Waals surface area contributed by atoms with Gasteiger partial charge in [-0.3, -0.25) is 0 Å². The highest BCUT2D eigenvalue weighted by molar-refractivity contribution is 7.11. The lowest BCUT2D eigenvalue weighted by Crippen LogP contribution is -2.34. The Balaban J connectivity index is 1.72.